The topological polar surface area (TPSA) is 30.7 Å². The number of hydrogen-bond acceptors (Lipinski definition) is 2. The Hall–Kier alpha value is -1.85. The maximum atomic E-state index is 12.4. The molecule has 0 aliphatic heterocycles. The van der Waals surface area contributed by atoms with Crippen LogP contribution in [0.2, 0.25) is 0 Å². The van der Waals surface area contributed by atoms with Crippen LogP contribution >= 0.6 is 0 Å². The standard InChI is InChI=1S/C13H14F3N3/c1-3-9(2)11-6-7-19(18-11)12-5-4-10(8-17-12)13(14,15)16/h4-9H,3H2,1-2H3. The lowest BCUT2D eigenvalue weighted by atomic mass is 10.1. The highest BCUT2D eigenvalue weighted by Crippen LogP contribution is 2.28. The number of nitrogens with zero attached hydrogens (tertiary/aromatic N) is 3. The van der Waals surface area contributed by atoms with Crippen molar-refractivity contribution >= 4 is 0 Å². The summed E-state index contributed by atoms with van der Waals surface area (Å²) in [7, 11) is 0. The molecule has 6 heteroatoms. The average molecular weight is 269 g/mol. The molecule has 0 aliphatic rings. The van der Waals surface area contributed by atoms with E-state index in [0.717, 1.165) is 24.4 Å². The van der Waals surface area contributed by atoms with Gasteiger partial charge in [0.2, 0.25) is 0 Å². The molecule has 0 aliphatic carbocycles. The van der Waals surface area contributed by atoms with Gasteiger partial charge in [-0.2, -0.15) is 18.3 Å². The van der Waals surface area contributed by atoms with Gasteiger partial charge in [-0.3, -0.25) is 0 Å². The van der Waals surface area contributed by atoms with Gasteiger partial charge in [-0.1, -0.05) is 13.8 Å². The number of hydrogen-bond donors (Lipinski definition) is 0. The summed E-state index contributed by atoms with van der Waals surface area (Å²) in [6, 6.07) is 4.18. The molecule has 0 saturated heterocycles. The summed E-state index contributed by atoms with van der Waals surface area (Å²) in [5.74, 6) is 0.693. The summed E-state index contributed by atoms with van der Waals surface area (Å²) in [6.45, 7) is 4.10. The lowest BCUT2D eigenvalue weighted by Gasteiger charge is -2.07. The van der Waals surface area contributed by atoms with Crippen molar-refractivity contribution in [2.24, 2.45) is 0 Å². The molecule has 0 radical (unpaired) electrons. The van der Waals surface area contributed by atoms with E-state index in [1.165, 1.54) is 10.7 Å². The van der Waals surface area contributed by atoms with E-state index < -0.39 is 11.7 Å². The van der Waals surface area contributed by atoms with Gasteiger partial charge in [0.1, 0.15) is 0 Å². The van der Waals surface area contributed by atoms with Crippen LogP contribution in [0, 0.1) is 0 Å². The molecule has 0 saturated carbocycles. The molecule has 2 aromatic rings. The number of rotatable bonds is 3. The molecule has 0 bridgehead atoms. The van der Waals surface area contributed by atoms with Crippen molar-refractivity contribution in [3.8, 4) is 5.82 Å². The van der Waals surface area contributed by atoms with Crippen molar-refractivity contribution in [1.29, 1.82) is 0 Å². The molecule has 3 nitrogen and oxygen atoms in total. The van der Waals surface area contributed by atoms with Crippen LogP contribution in [0.15, 0.2) is 30.6 Å². The smallest absolute Gasteiger partial charge is 0.237 e. The molecular formula is C13H14F3N3. The first-order chi connectivity index (χ1) is 8.91. The second kappa shape index (κ2) is 5.03. The molecule has 2 heterocycles. The summed E-state index contributed by atoms with van der Waals surface area (Å²) >= 11 is 0. The molecule has 0 fully saturated rings. The first-order valence-electron chi connectivity index (χ1n) is 6.01. The molecule has 1 atom stereocenters. The van der Waals surface area contributed by atoms with Gasteiger partial charge in [-0.05, 0) is 30.5 Å². The van der Waals surface area contributed by atoms with Gasteiger partial charge < -0.3 is 0 Å². The SMILES string of the molecule is CCC(C)c1ccn(-c2ccc(C(F)(F)F)cn2)n1. The van der Waals surface area contributed by atoms with Gasteiger partial charge in [0.05, 0.1) is 11.3 Å². The van der Waals surface area contributed by atoms with E-state index in [1.54, 1.807) is 6.20 Å². The fourth-order valence-corrected chi connectivity index (χ4v) is 1.63. The Morgan fingerprint density at radius 3 is 2.53 bits per heavy atom. The van der Waals surface area contributed by atoms with Gasteiger partial charge in [-0.15, -0.1) is 0 Å². The maximum Gasteiger partial charge on any atom is 0.417 e. The largest absolute Gasteiger partial charge is 0.417 e. The zero-order valence-electron chi connectivity index (χ0n) is 10.6. The minimum Gasteiger partial charge on any atom is -0.237 e. The lowest BCUT2D eigenvalue weighted by Crippen LogP contribution is -2.07. The average Bonchev–Trinajstić information content (AvgIpc) is 2.86. The van der Waals surface area contributed by atoms with E-state index in [-0.39, 0.29) is 0 Å². The normalized spacial score (nSPS) is 13.5. The minimum atomic E-state index is -4.36. The predicted molar refractivity (Wildman–Crippen MR) is 65.1 cm³/mol. The summed E-state index contributed by atoms with van der Waals surface area (Å²) in [4.78, 5) is 3.79. The highest BCUT2D eigenvalue weighted by molar-refractivity contribution is 5.26. The Bertz CT molecular complexity index is 543. The third kappa shape index (κ3) is 2.94. The number of halogens is 3. The van der Waals surface area contributed by atoms with Gasteiger partial charge >= 0.3 is 6.18 Å². The molecule has 0 aromatic carbocycles. The highest BCUT2D eigenvalue weighted by Gasteiger charge is 2.30. The number of pyridine rings is 1. The highest BCUT2D eigenvalue weighted by atomic mass is 19.4. The van der Waals surface area contributed by atoms with Crippen molar-refractivity contribution in [2.45, 2.75) is 32.4 Å². The van der Waals surface area contributed by atoms with Gasteiger partial charge in [-0.25, -0.2) is 9.67 Å². The summed E-state index contributed by atoms with van der Waals surface area (Å²) < 4.78 is 38.7. The Kier molecular flexibility index (Phi) is 3.59. The van der Waals surface area contributed by atoms with Crippen LogP contribution in [0.5, 0.6) is 0 Å². The molecule has 0 spiro atoms. The van der Waals surface area contributed by atoms with Gasteiger partial charge in [0, 0.05) is 12.4 Å². The van der Waals surface area contributed by atoms with Crippen LogP contribution in [0.1, 0.15) is 37.4 Å². The van der Waals surface area contributed by atoms with E-state index in [2.05, 4.69) is 17.0 Å². The fraction of sp³-hybridized carbons (Fsp3) is 0.385. The minimum absolute atomic E-state index is 0.315. The Labute approximate surface area is 109 Å². The van der Waals surface area contributed by atoms with Crippen molar-refractivity contribution in [3.05, 3.63) is 41.9 Å². The van der Waals surface area contributed by atoms with Crippen LogP contribution in [-0.2, 0) is 6.18 Å². The molecule has 2 aromatic heterocycles. The zero-order valence-corrected chi connectivity index (χ0v) is 10.6. The Morgan fingerprint density at radius 2 is 2.00 bits per heavy atom. The summed E-state index contributed by atoms with van der Waals surface area (Å²) in [5, 5.41) is 4.32. The van der Waals surface area contributed by atoms with E-state index >= 15 is 0 Å². The lowest BCUT2D eigenvalue weighted by molar-refractivity contribution is -0.137. The first-order valence-corrected chi connectivity index (χ1v) is 6.01. The monoisotopic (exact) mass is 269 g/mol. The summed E-state index contributed by atoms with van der Waals surface area (Å²) in [5.41, 5.74) is 0.148. The quantitative estimate of drug-likeness (QED) is 0.848. The van der Waals surface area contributed by atoms with E-state index in [9.17, 15) is 13.2 Å². The van der Waals surface area contributed by atoms with E-state index in [0.29, 0.717) is 11.7 Å². The second-order valence-electron chi connectivity index (χ2n) is 4.40. The molecular weight excluding hydrogens is 255 g/mol. The third-order valence-electron chi connectivity index (χ3n) is 3.04. The van der Waals surface area contributed by atoms with E-state index in [1.807, 2.05) is 13.0 Å². The van der Waals surface area contributed by atoms with Crippen LogP contribution < -0.4 is 0 Å². The molecule has 1 unspecified atom stereocenters. The zero-order chi connectivity index (χ0) is 14.0. The molecule has 102 valence electrons. The molecule has 2 rings (SSSR count). The van der Waals surface area contributed by atoms with Crippen molar-refractivity contribution in [1.82, 2.24) is 14.8 Å². The fourth-order valence-electron chi connectivity index (χ4n) is 1.63. The van der Waals surface area contributed by atoms with Crippen molar-refractivity contribution < 1.29 is 13.2 Å². The second-order valence-corrected chi connectivity index (χ2v) is 4.40. The molecule has 0 N–H and O–H groups in total. The van der Waals surface area contributed by atoms with E-state index in [4.69, 9.17) is 0 Å². The summed E-state index contributed by atoms with van der Waals surface area (Å²) in [6.07, 6.45) is -0.883. The van der Waals surface area contributed by atoms with Crippen LogP contribution in [-0.4, -0.2) is 14.8 Å². The van der Waals surface area contributed by atoms with Crippen LogP contribution in [0.25, 0.3) is 5.82 Å². The van der Waals surface area contributed by atoms with Crippen molar-refractivity contribution in [3.63, 3.8) is 0 Å². The molecule has 19 heavy (non-hydrogen) atoms. The number of alkyl halides is 3. The van der Waals surface area contributed by atoms with Crippen LogP contribution in [0.4, 0.5) is 13.2 Å². The number of aromatic nitrogens is 3. The Morgan fingerprint density at radius 1 is 1.26 bits per heavy atom. The van der Waals surface area contributed by atoms with Crippen LogP contribution in [0.3, 0.4) is 0 Å². The Balaban J connectivity index is 2.25. The van der Waals surface area contributed by atoms with Crippen molar-refractivity contribution in [2.75, 3.05) is 0 Å². The van der Waals surface area contributed by atoms with Gasteiger partial charge in [0.15, 0.2) is 5.82 Å². The third-order valence-corrected chi connectivity index (χ3v) is 3.04. The molecule has 0 amide bonds. The predicted octanol–water partition coefficient (Wildman–Crippen LogP) is 3.80. The first kappa shape index (κ1) is 13.6. The maximum absolute atomic E-state index is 12.4. The van der Waals surface area contributed by atoms with Gasteiger partial charge in [0.25, 0.3) is 0 Å².